The Morgan fingerprint density at radius 3 is 2.58 bits per heavy atom. The van der Waals surface area contributed by atoms with Crippen LogP contribution in [0.2, 0.25) is 0 Å². The minimum absolute atomic E-state index is 0.294. The quantitative estimate of drug-likeness (QED) is 0.597. The van der Waals surface area contributed by atoms with E-state index in [0.29, 0.717) is 12.1 Å². The summed E-state index contributed by atoms with van der Waals surface area (Å²) in [5.41, 5.74) is 2.81. The first kappa shape index (κ1) is 16.3. The third-order valence-electron chi connectivity index (χ3n) is 4.16. The van der Waals surface area contributed by atoms with Crippen LogP contribution in [-0.2, 0) is 13.0 Å². The van der Waals surface area contributed by atoms with Gasteiger partial charge in [-0.05, 0) is 24.1 Å². The van der Waals surface area contributed by atoms with Crippen LogP contribution in [0.4, 0.5) is 0 Å². The minimum atomic E-state index is -0.294. The second kappa shape index (κ2) is 7.79. The summed E-state index contributed by atoms with van der Waals surface area (Å²) in [6.07, 6.45) is 2.89. The zero-order valence-corrected chi connectivity index (χ0v) is 13.7. The van der Waals surface area contributed by atoms with E-state index in [1.54, 1.807) is 4.57 Å². The predicted molar refractivity (Wildman–Crippen MR) is 97.3 cm³/mol. The number of para-hydroxylation sites is 2. The molecule has 0 unspecified atom stereocenters. The molecule has 0 saturated heterocycles. The van der Waals surface area contributed by atoms with Gasteiger partial charge in [0.05, 0.1) is 5.52 Å². The molecule has 4 nitrogen and oxygen atoms in total. The number of oxazole rings is 1. The fraction of sp³-hybridized carbons (Fsp3) is 0.250. The molecule has 1 heterocycles. The highest BCUT2D eigenvalue weighted by molar-refractivity contribution is 5.72. The van der Waals surface area contributed by atoms with Crippen molar-refractivity contribution in [2.45, 2.75) is 13.0 Å². The molecule has 4 heteroatoms. The summed E-state index contributed by atoms with van der Waals surface area (Å²) in [7, 11) is 0. The Bertz CT molecular complexity index is 849. The lowest BCUT2D eigenvalue weighted by Gasteiger charge is -2.20. The van der Waals surface area contributed by atoms with Gasteiger partial charge in [0.15, 0.2) is 5.58 Å². The molecular weight excluding hydrogens is 300 g/mol. The van der Waals surface area contributed by atoms with Crippen molar-refractivity contribution in [1.82, 2.24) is 9.47 Å². The number of nitrogens with zero attached hydrogens (tertiary/aromatic N) is 2. The Morgan fingerprint density at radius 1 is 1.04 bits per heavy atom. The average Bonchev–Trinajstić information content (AvgIpc) is 2.93. The fourth-order valence-corrected chi connectivity index (χ4v) is 2.88. The third kappa shape index (κ3) is 3.84. The van der Waals surface area contributed by atoms with Gasteiger partial charge in [0, 0.05) is 26.2 Å². The van der Waals surface area contributed by atoms with Gasteiger partial charge in [-0.25, -0.2) is 4.79 Å². The first-order valence-electron chi connectivity index (χ1n) is 8.23. The predicted octanol–water partition coefficient (Wildman–Crippen LogP) is 3.33. The van der Waals surface area contributed by atoms with E-state index in [9.17, 15) is 4.79 Å². The molecule has 0 aliphatic rings. The molecule has 0 atom stereocenters. The average molecular weight is 322 g/mol. The third-order valence-corrected chi connectivity index (χ3v) is 4.16. The van der Waals surface area contributed by atoms with Crippen molar-refractivity contribution in [3.8, 4) is 0 Å². The lowest BCUT2D eigenvalue weighted by Crippen LogP contribution is -2.31. The topological polar surface area (TPSA) is 38.4 Å². The van der Waals surface area contributed by atoms with Crippen molar-refractivity contribution in [3.05, 3.63) is 83.4 Å². The van der Waals surface area contributed by atoms with E-state index in [1.807, 2.05) is 36.4 Å². The summed E-state index contributed by atoms with van der Waals surface area (Å²) in [5.74, 6) is -0.294. The molecule has 0 N–H and O–H groups in total. The second-order valence-corrected chi connectivity index (χ2v) is 5.81. The first-order valence-corrected chi connectivity index (χ1v) is 8.23. The number of benzene rings is 2. The number of rotatable bonds is 8. The molecule has 0 saturated carbocycles. The Labute approximate surface area is 141 Å². The monoisotopic (exact) mass is 322 g/mol. The van der Waals surface area contributed by atoms with Crippen LogP contribution in [0.25, 0.3) is 11.1 Å². The maximum absolute atomic E-state index is 12.0. The summed E-state index contributed by atoms with van der Waals surface area (Å²) in [6, 6.07) is 18.0. The molecule has 0 aliphatic carbocycles. The van der Waals surface area contributed by atoms with Gasteiger partial charge in [-0.15, -0.1) is 6.58 Å². The zero-order chi connectivity index (χ0) is 16.8. The summed E-state index contributed by atoms with van der Waals surface area (Å²) in [4.78, 5) is 14.3. The molecule has 124 valence electrons. The van der Waals surface area contributed by atoms with Crippen molar-refractivity contribution in [2.24, 2.45) is 0 Å². The van der Waals surface area contributed by atoms with E-state index in [1.165, 1.54) is 5.56 Å². The summed E-state index contributed by atoms with van der Waals surface area (Å²) < 4.78 is 6.99. The number of fused-ring (bicyclic) bond motifs is 1. The van der Waals surface area contributed by atoms with Crippen molar-refractivity contribution in [1.29, 1.82) is 0 Å². The molecule has 0 amide bonds. The van der Waals surface area contributed by atoms with Crippen LogP contribution in [0.1, 0.15) is 5.56 Å². The first-order chi connectivity index (χ1) is 11.8. The van der Waals surface area contributed by atoms with Gasteiger partial charge in [0.25, 0.3) is 0 Å². The molecule has 3 aromatic rings. The van der Waals surface area contributed by atoms with E-state index in [0.717, 1.165) is 31.6 Å². The smallest absolute Gasteiger partial charge is 0.408 e. The van der Waals surface area contributed by atoms with Gasteiger partial charge in [-0.3, -0.25) is 9.47 Å². The van der Waals surface area contributed by atoms with Crippen LogP contribution >= 0.6 is 0 Å². The van der Waals surface area contributed by atoms with Gasteiger partial charge in [-0.1, -0.05) is 48.5 Å². The maximum Gasteiger partial charge on any atom is 0.419 e. The Morgan fingerprint density at radius 2 is 1.79 bits per heavy atom. The van der Waals surface area contributed by atoms with E-state index < -0.39 is 0 Å². The van der Waals surface area contributed by atoms with E-state index >= 15 is 0 Å². The molecule has 0 spiro atoms. The molecule has 0 bridgehead atoms. The van der Waals surface area contributed by atoms with Crippen LogP contribution < -0.4 is 5.76 Å². The SMILES string of the molecule is C=CCN(CCc1ccccc1)CCn1c(=O)oc2ccccc21. The molecule has 24 heavy (non-hydrogen) atoms. The molecule has 0 radical (unpaired) electrons. The number of hydrogen-bond acceptors (Lipinski definition) is 3. The van der Waals surface area contributed by atoms with Crippen LogP contribution in [0.15, 0.2) is 76.5 Å². The highest BCUT2D eigenvalue weighted by Crippen LogP contribution is 2.11. The van der Waals surface area contributed by atoms with E-state index in [4.69, 9.17) is 4.42 Å². The second-order valence-electron chi connectivity index (χ2n) is 5.81. The van der Waals surface area contributed by atoms with Crippen molar-refractivity contribution >= 4 is 11.1 Å². The zero-order valence-electron chi connectivity index (χ0n) is 13.7. The molecule has 2 aromatic carbocycles. The van der Waals surface area contributed by atoms with E-state index in [-0.39, 0.29) is 5.76 Å². The standard InChI is InChI=1S/C20H22N2O2/c1-2-13-21(14-12-17-8-4-3-5-9-17)15-16-22-18-10-6-7-11-19(18)24-20(22)23/h2-11H,1,12-16H2. The van der Waals surface area contributed by atoms with Crippen LogP contribution in [-0.4, -0.2) is 29.1 Å². The Hall–Kier alpha value is -2.59. The number of aromatic nitrogens is 1. The minimum Gasteiger partial charge on any atom is -0.408 e. The Kier molecular flexibility index (Phi) is 5.29. The summed E-state index contributed by atoms with van der Waals surface area (Å²) >= 11 is 0. The van der Waals surface area contributed by atoms with Gasteiger partial charge in [-0.2, -0.15) is 0 Å². The molecule has 0 aliphatic heterocycles. The lowest BCUT2D eigenvalue weighted by atomic mass is 10.1. The highest BCUT2D eigenvalue weighted by Gasteiger charge is 2.10. The van der Waals surface area contributed by atoms with Crippen LogP contribution in [0.3, 0.4) is 0 Å². The molecular formula is C20H22N2O2. The molecule has 0 fully saturated rings. The van der Waals surface area contributed by atoms with Gasteiger partial charge in [0.2, 0.25) is 0 Å². The fourth-order valence-electron chi connectivity index (χ4n) is 2.88. The van der Waals surface area contributed by atoms with Crippen LogP contribution in [0.5, 0.6) is 0 Å². The normalized spacial score (nSPS) is 11.2. The van der Waals surface area contributed by atoms with Crippen LogP contribution in [0, 0.1) is 0 Å². The number of hydrogen-bond donors (Lipinski definition) is 0. The largest absolute Gasteiger partial charge is 0.419 e. The maximum atomic E-state index is 12.0. The Balaban J connectivity index is 1.66. The highest BCUT2D eigenvalue weighted by atomic mass is 16.4. The molecule has 1 aromatic heterocycles. The van der Waals surface area contributed by atoms with Crippen molar-refractivity contribution in [3.63, 3.8) is 0 Å². The van der Waals surface area contributed by atoms with Gasteiger partial charge in [0.1, 0.15) is 0 Å². The van der Waals surface area contributed by atoms with Gasteiger partial charge >= 0.3 is 5.76 Å². The van der Waals surface area contributed by atoms with Gasteiger partial charge < -0.3 is 4.42 Å². The summed E-state index contributed by atoms with van der Waals surface area (Å²) in [5, 5.41) is 0. The van der Waals surface area contributed by atoms with Crippen molar-refractivity contribution < 1.29 is 4.42 Å². The summed E-state index contributed by atoms with van der Waals surface area (Å²) in [6.45, 7) is 6.96. The lowest BCUT2D eigenvalue weighted by molar-refractivity contribution is 0.290. The van der Waals surface area contributed by atoms with E-state index in [2.05, 4.69) is 35.7 Å². The molecule has 3 rings (SSSR count). The van der Waals surface area contributed by atoms with Crippen molar-refractivity contribution in [2.75, 3.05) is 19.6 Å².